The van der Waals surface area contributed by atoms with Crippen LogP contribution in [-0.2, 0) is 14.6 Å². The number of hydrogen-bond acceptors (Lipinski definition) is 4. The van der Waals surface area contributed by atoms with Crippen molar-refractivity contribution in [1.82, 2.24) is 5.32 Å². The van der Waals surface area contributed by atoms with Gasteiger partial charge in [0, 0.05) is 24.1 Å². The number of nitrogens with one attached hydrogen (secondary N) is 1. The Labute approximate surface area is 76.4 Å². The van der Waals surface area contributed by atoms with Gasteiger partial charge in [0.05, 0.1) is 0 Å². The highest BCUT2D eigenvalue weighted by Crippen LogP contribution is 2.15. The quantitative estimate of drug-likeness (QED) is 0.626. The van der Waals surface area contributed by atoms with Crippen molar-refractivity contribution in [2.75, 3.05) is 12.8 Å². The monoisotopic (exact) mass is 205 g/mol. The highest BCUT2D eigenvalue weighted by Gasteiger charge is 2.25. The Kier molecular flexibility index (Phi) is 2.72. The van der Waals surface area contributed by atoms with E-state index in [9.17, 15) is 13.2 Å². The molecule has 0 amide bonds. The summed E-state index contributed by atoms with van der Waals surface area (Å²) in [7, 11) is -3.23. The third kappa shape index (κ3) is 2.53. The molecule has 1 aliphatic heterocycles. The molecule has 1 atom stereocenters. The molecule has 0 bridgehead atoms. The van der Waals surface area contributed by atoms with Gasteiger partial charge in [0.1, 0.15) is 6.04 Å². The minimum Gasteiger partial charge on any atom is -0.480 e. The van der Waals surface area contributed by atoms with Gasteiger partial charge in [0.15, 0.2) is 9.84 Å². The van der Waals surface area contributed by atoms with Gasteiger partial charge < -0.3 is 10.4 Å². The normalized spacial score (nSPS) is 23.8. The van der Waals surface area contributed by atoms with Crippen LogP contribution in [0.4, 0.5) is 0 Å². The van der Waals surface area contributed by atoms with E-state index in [0.717, 1.165) is 6.26 Å². The molecular formula is C7H11NO4S. The van der Waals surface area contributed by atoms with Crippen LogP contribution < -0.4 is 5.32 Å². The van der Waals surface area contributed by atoms with Gasteiger partial charge in [0.25, 0.3) is 0 Å². The lowest BCUT2D eigenvalue weighted by atomic mass is 10.1. The van der Waals surface area contributed by atoms with Gasteiger partial charge in [-0.05, 0) is 0 Å². The van der Waals surface area contributed by atoms with Gasteiger partial charge in [-0.1, -0.05) is 6.08 Å². The van der Waals surface area contributed by atoms with Crippen molar-refractivity contribution in [3.8, 4) is 0 Å². The zero-order valence-corrected chi connectivity index (χ0v) is 7.97. The molecule has 1 aliphatic rings. The van der Waals surface area contributed by atoms with Crippen LogP contribution in [0.15, 0.2) is 11.0 Å². The summed E-state index contributed by atoms with van der Waals surface area (Å²) in [5.41, 5.74) is 0. The molecule has 0 aromatic heterocycles. The molecule has 0 fully saturated rings. The minimum atomic E-state index is -3.23. The fourth-order valence-corrected chi connectivity index (χ4v) is 2.00. The molecule has 74 valence electrons. The summed E-state index contributed by atoms with van der Waals surface area (Å²) in [4.78, 5) is 10.7. The van der Waals surface area contributed by atoms with Gasteiger partial charge in [-0.25, -0.2) is 8.42 Å². The van der Waals surface area contributed by atoms with Crippen LogP contribution in [0.5, 0.6) is 0 Å². The predicted molar refractivity (Wildman–Crippen MR) is 47.0 cm³/mol. The van der Waals surface area contributed by atoms with E-state index in [-0.39, 0.29) is 11.3 Å². The first kappa shape index (κ1) is 10.2. The fourth-order valence-electron chi connectivity index (χ4n) is 1.15. The van der Waals surface area contributed by atoms with E-state index in [4.69, 9.17) is 5.11 Å². The molecule has 1 rings (SSSR count). The van der Waals surface area contributed by atoms with Crippen LogP contribution in [-0.4, -0.2) is 38.3 Å². The molecule has 1 heterocycles. The minimum absolute atomic E-state index is 0.0359. The fraction of sp³-hybridized carbons (Fsp3) is 0.571. The molecule has 0 saturated carbocycles. The average molecular weight is 205 g/mol. The summed E-state index contributed by atoms with van der Waals surface area (Å²) in [6, 6.07) is -0.783. The molecule has 0 aromatic carbocycles. The molecule has 6 heteroatoms. The molecular weight excluding hydrogens is 194 g/mol. The van der Waals surface area contributed by atoms with E-state index < -0.39 is 21.8 Å². The highest BCUT2D eigenvalue weighted by molar-refractivity contribution is 7.94. The number of aliphatic carboxylic acids is 1. The second-order valence-electron chi connectivity index (χ2n) is 2.95. The van der Waals surface area contributed by atoms with Crippen molar-refractivity contribution in [2.24, 2.45) is 0 Å². The number of hydrogen-bond donors (Lipinski definition) is 2. The Morgan fingerprint density at radius 1 is 1.69 bits per heavy atom. The van der Waals surface area contributed by atoms with Crippen molar-refractivity contribution in [3.05, 3.63) is 11.0 Å². The van der Waals surface area contributed by atoms with Gasteiger partial charge in [-0.15, -0.1) is 0 Å². The Balaban J connectivity index is 2.82. The van der Waals surface area contributed by atoms with E-state index in [1.54, 1.807) is 0 Å². The summed E-state index contributed by atoms with van der Waals surface area (Å²) >= 11 is 0. The van der Waals surface area contributed by atoms with Gasteiger partial charge in [-0.3, -0.25) is 4.79 Å². The summed E-state index contributed by atoms with van der Waals surface area (Å²) in [6.45, 7) is 0.291. The maximum Gasteiger partial charge on any atom is 0.321 e. The Morgan fingerprint density at radius 3 is 2.77 bits per heavy atom. The summed E-state index contributed by atoms with van der Waals surface area (Å²) in [6.07, 6.45) is 2.63. The van der Waals surface area contributed by atoms with E-state index >= 15 is 0 Å². The van der Waals surface area contributed by atoms with Crippen molar-refractivity contribution in [1.29, 1.82) is 0 Å². The van der Waals surface area contributed by atoms with Crippen LogP contribution in [0.25, 0.3) is 0 Å². The molecule has 1 unspecified atom stereocenters. The zero-order valence-electron chi connectivity index (χ0n) is 7.15. The zero-order chi connectivity index (χ0) is 10.1. The van der Waals surface area contributed by atoms with E-state index in [2.05, 4.69) is 5.32 Å². The molecule has 0 spiro atoms. The van der Waals surface area contributed by atoms with Crippen LogP contribution >= 0.6 is 0 Å². The number of carboxylic acid groups (broad SMARTS) is 1. The summed E-state index contributed by atoms with van der Waals surface area (Å²) < 4.78 is 22.1. The van der Waals surface area contributed by atoms with E-state index in [1.807, 2.05) is 0 Å². The van der Waals surface area contributed by atoms with Gasteiger partial charge in [0.2, 0.25) is 0 Å². The average Bonchev–Trinajstić information content (AvgIpc) is 2.03. The molecule has 0 radical (unpaired) electrons. The molecule has 0 aromatic rings. The Morgan fingerprint density at radius 2 is 2.31 bits per heavy atom. The van der Waals surface area contributed by atoms with Crippen molar-refractivity contribution in [2.45, 2.75) is 12.5 Å². The topological polar surface area (TPSA) is 83.5 Å². The molecule has 13 heavy (non-hydrogen) atoms. The Bertz CT molecular complexity index is 344. The lowest BCUT2D eigenvalue weighted by molar-refractivity contribution is -0.139. The number of sulfone groups is 1. The van der Waals surface area contributed by atoms with E-state index in [0.29, 0.717) is 6.54 Å². The highest BCUT2D eigenvalue weighted by atomic mass is 32.2. The third-order valence-electron chi connectivity index (χ3n) is 1.87. The molecule has 0 aliphatic carbocycles. The first-order valence-electron chi connectivity index (χ1n) is 3.76. The largest absolute Gasteiger partial charge is 0.480 e. The van der Waals surface area contributed by atoms with Crippen LogP contribution in [0.1, 0.15) is 6.42 Å². The third-order valence-corrected chi connectivity index (χ3v) is 3.16. The van der Waals surface area contributed by atoms with Crippen molar-refractivity contribution < 1.29 is 18.3 Å². The number of carbonyl (C=O) groups is 1. The lowest BCUT2D eigenvalue weighted by Crippen LogP contribution is -2.40. The lowest BCUT2D eigenvalue weighted by Gasteiger charge is -2.19. The maximum atomic E-state index is 11.1. The van der Waals surface area contributed by atoms with Crippen molar-refractivity contribution >= 4 is 15.8 Å². The predicted octanol–water partition coefficient (Wildman–Crippen LogP) is -0.639. The Hall–Kier alpha value is -0.880. The second kappa shape index (κ2) is 3.47. The summed E-state index contributed by atoms with van der Waals surface area (Å²) in [5.74, 6) is -1.02. The molecule has 0 saturated heterocycles. The van der Waals surface area contributed by atoms with Gasteiger partial charge >= 0.3 is 5.97 Å². The number of carboxylic acids is 1. The van der Waals surface area contributed by atoms with Crippen LogP contribution in [0.2, 0.25) is 0 Å². The standard InChI is InChI=1S/C7H11NO4S/c1-13(11,12)5-2-3-8-6(4-5)7(9)10/h2,6,8H,3-4H2,1H3,(H,9,10). The molecule has 5 nitrogen and oxygen atoms in total. The second-order valence-corrected chi connectivity index (χ2v) is 5.01. The van der Waals surface area contributed by atoms with Crippen molar-refractivity contribution in [3.63, 3.8) is 0 Å². The SMILES string of the molecule is CS(=O)(=O)C1=CCNC(C(=O)O)C1. The smallest absolute Gasteiger partial charge is 0.321 e. The van der Waals surface area contributed by atoms with Gasteiger partial charge in [-0.2, -0.15) is 0 Å². The first-order valence-corrected chi connectivity index (χ1v) is 5.65. The van der Waals surface area contributed by atoms with E-state index in [1.165, 1.54) is 6.08 Å². The number of rotatable bonds is 2. The van der Waals surface area contributed by atoms with Crippen LogP contribution in [0.3, 0.4) is 0 Å². The maximum absolute atomic E-state index is 11.1. The summed E-state index contributed by atoms with van der Waals surface area (Å²) in [5, 5.41) is 11.3. The van der Waals surface area contributed by atoms with Crippen LogP contribution in [0, 0.1) is 0 Å². The molecule has 2 N–H and O–H groups in total. The first-order chi connectivity index (χ1) is 5.91.